The fourth-order valence-electron chi connectivity index (χ4n) is 11.3. The standard InChI is InChI=1S/C56H62N8O6/c65-53(49(41-15-5-1-6-16-41)61-55(67)70-44-21-11-4-12-22-44)62-33-13-23-47(62)51-57-35-45(59-51)39-29-25-37(26-30-39)38-27-31-40(32-28-38)46-36-58-52(60-46)48-24-14-34-63(48)54(66)50(42-17-7-2-8-18-42)64(56(68)69)43-19-9-3-10-20-43/h1-2,5-8,15-18,25-32,35-36,43-44,47-50H,3-4,9-14,19-24,33-34H2,(H,57,59)(H,58,60)(H,61,67)(H,68,69)/t47-,48-,49+,50+/m0/s1. The van der Waals surface area contributed by atoms with Crippen LogP contribution in [0.25, 0.3) is 33.6 Å². The van der Waals surface area contributed by atoms with Crippen molar-refractivity contribution < 1.29 is 29.0 Å². The summed E-state index contributed by atoms with van der Waals surface area (Å²) in [4.78, 5) is 76.7. The van der Waals surface area contributed by atoms with Crippen LogP contribution >= 0.6 is 0 Å². The Morgan fingerprint density at radius 3 is 1.56 bits per heavy atom. The van der Waals surface area contributed by atoms with Crippen molar-refractivity contribution in [2.24, 2.45) is 0 Å². The Bertz CT molecular complexity index is 2730. The van der Waals surface area contributed by atoms with E-state index in [2.05, 4.69) is 63.8 Å². The highest BCUT2D eigenvalue weighted by Crippen LogP contribution is 2.39. The van der Waals surface area contributed by atoms with Crippen molar-refractivity contribution >= 4 is 24.0 Å². The molecule has 4 atom stereocenters. The van der Waals surface area contributed by atoms with Crippen molar-refractivity contribution in [1.82, 2.24) is 40.0 Å². The fourth-order valence-corrected chi connectivity index (χ4v) is 11.3. The lowest BCUT2D eigenvalue weighted by molar-refractivity contribution is -0.139. The smallest absolute Gasteiger partial charge is 0.408 e. The van der Waals surface area contributed by atoms with Gasteiger partial charge in [-0.15, -0.1) is 0 Å². The maximum Gasteiger partial charge on any atom is 0.408 e. The molecule has 10 rings (SSSR count). The van der Waals surface area contributed by atoms with Gasteiger partial charge >= 0.3 is 12.2 Å². The number of nitrogens with zero attached hydrogens (tertiary/aromatic N) is 5. The monoisotopic (exact) mass is 942 g/mol. The highest BCUT2D eigenvalue weighted by molar-refractivity contribution is 5.88. The van der Waals surface area contributed by atoms with Gasteiger partial charge in [0.15, 0.2) is 0 Å². The van der Waals surface area contributed by atoms with Crippen molar-refractivity contribution in [2.45, 2.75) is 126 Å². The maximum atomic E-state index is 14.6. The van der Waals surface area contributed by atoms with Crippen molar-refractivity contribution in [2.75, 3.05) is 13.1 Å². The third-order valence-electron chi connectivity index (χ3n) is 14.9. The Kier molecular flexibility index (Phi) is 14.1. The van der Waals surface area contributed by atoms with E-state index in [1.165, 1.54) is 4.90 Å². The molecule has 70 heavy (non-hydrogen) atoms. The first kappa shape index (κ1) is 46.5. The van der Waals surface area contributed by atoms with Gasteiger partial charge in [0.1, 0.15) is 29.8 Å². The predicted molar refractivity (Wildman–Crippen MR) is 266 cm³/mol. The number of aromatic nitrogens is 4. The molecular formula is C56H62N8O6. The van der Waals surface area contributed by atoms with Crippen LogP contribution in [0.15, 0.2) is 122 Å². The predicted octanol–water partition coefficient (Wildman–Crippen LogP) is 11.3. The Labute approximate surface area is 408 Å². The van der Waals surface area contributed by atoms with Crippen LogP contribution in [0.2, 0.25) is 0 Å². The number of aromatic amines is 2. The summed E-state index contributed by atoms with van der Waals surface area (Å²) in [6.45, 7) is 1.09. The summed E-state index contributed by atoms with van der Waals surface area (Å²) in [6.07, 6.45) is 14.4. The lowest BCUT2D eigenvalue weighted by Crippen LogP contribution is -2.49. The molecule has 2 aliphatic carbocycles. The number of alkyl carbamates (subject to hydrolysis) is 1. The second kappa shape index (κ2) is 21.2. The van der Waals surface area contributed by atoms with Crippen LogP contribution in [0.4, 0.5) is 9.59 Å². The zero-order chi connectivity index (χ0) is 48.0. The molecule has 0 radical (unpaired) electrons. The topological polar surface area (TPSA) is 177 Å². The number of likely N-dealkylation sites (tertiary alicyclic amines) is 2. The van der Waals surface area contributed by atoms with E-state index in [0.29, 0.717) is 35.9 Å². The molecule has 14 nitrogen and oxygen atoms in total. The summed E-state index contributed by atoms with van der Waals surface area (Å²) in [5.41, 5.74) is 7.11. The van der Waals surface area contributed by atoms with Crippen LogP contribution < -0.4 is 5.32 Å². The largest absolute Gasteiger partial charge is 0.465 e. The number of imidazole rings is 2. The molecule has 4 fully saturated rings. The molecule has 0 unspecified atom stereocenters. The summed E-state index contributed by atoms with van der Waals surface area (Å²) in [5, 5.41) is 13.5. The van der Waals surface area contributed by atoms with E-state index in [9.17, 15) is 24.3 Å². The van der Waals surface area contributed by atoms with Gasteiger partial charge in [0, 0.05) is 19.1 Å². The number of ether oxygens (including phenoxy) is 1. The first-order valence-corrected chi connectivity index (χ1v) is 25.3. The van der Waals surface area contributed by atoms with Crippen molar-refractivity contribution in [3.05, 3.63) is 144 Å². The van der Waals surface area contributed by atoms with E-state index in [1.807, 2.05) is 82.9 Å². The van der Waals surface area contributed by atoms with Crippen molar-refractivity contribution in [3.8, 4) is 33.6 Å². The normalized spacial score (nSPS) is 19.7. The molecule has 0 spiro atoms. The fraction of sp³-hybridized carbons (Fsp3) is 0.393. The third-order valence-corrected chi connectivity index (χ3v) is 14.9. The molecule has 6 aromatic rings. The molecule has 362 valence electrons. The zero-order valence-electron chi connectivity index (χ0n) is 39.5. The van der Waals surface area contributed by atoms with Gasteiger partial charge in [0.2, 0.25) is 0 Å². The lowest BCUT2D eigenvalue weighted by Gasteiger charge is -2.39. The summed E-state index contributed by atoms with van der Waals surface area (Å²) >= 11 is 0. The third kappa shape index (κ3) is 10.1. The Hall–Kier alpha value is -7.22. The molecule has 2 saturated heterocycles. The number of carboxylic acid groups (broad SMARTS) is 1. The van der Waals surface area contributed by atoms with E-state index >= 15 is 0 Å². The van der Waals surface area contributed by atoms with Gasteiger partial charge in [-0.1, -0.05) is 135 Å². The molecule has 4 heterocycles. The van der Waals surface area contributed by atoms with Gasteiger partial charge in [0.25, 0.3) is 11.8 Å². The number of hydrogen-bond acceptors (Lipinski definition) is 7. The first-order valence-electron chi connectivity index (χ1n) is 25.3. The summed E-state index contributed by atoms with van der Waals surface area (Å²) in [6, 6.07) is 32.7. The van der Waals surface area contributed by atoms with Gasteiger partial charge in [0.05, 0.1) is 35.9 Å². The number of amides is 4. The number of carbonyl (C=O) groups excluding carboxylic acids is 3. The summed E-state index contributed by atoms with van der Waals surface area (Å²) in [7, 11) is 0. The Morgan fingerprint density at radius 1 is 0.571 bits per heavy atom. The minimum Gasteiger partial charge on any atom is -0.465 e. The highest BCUT2D eigenvalue weighted by atomic mass is 16.6. The molecular weight excluding hydrogens is 881 g/mol. The van der Waals surface area contributed by atoms with Crippen LogP contribution in [0.1, 0.15) is 137 Å². The summed E-state index contributed by atoms with van der Waals surface area (Å²) < 4.78 is 5.78. The second-order valence-corrected chi connectivity index (χ2v) is 19.3. The SMILES string of the molecule is O=C(N[C@@H](C(=O)N1CCC[C@H]1c1ncc(-c2ccc(-c3ccc(-c4cnc([C@@H]5CCCN5C(=O)[C@@H](c5ccccc5)N(C(=O)O)C5CCCCC5)[nH]4)cc3)cc2)[nH]1)c1ccccc1)OC1CCCCC1. The first-order chi connectivity index (χ1) is 34.3. The minimum atomic E-state index is -1.06. The van der Waals surface area contributed by atoms with E-state index in [4.69, 9.17) is 14.7 Å². The minimum absolute atomic E-state index is 0.123. The Balaban J connectivity index is 0.797. The van der Waals surface area contributed by atoms with Gasteiger partial charge in [-0.2, -0.15) is 0 Å². The van der Waals surface area contributed by atoms with E-state index in [1.54, 1.807) is 0 Å². The van der Waals surface area contributed by atoms with Crippen LogP contribution in [0.3, 0.4) is 0 Å². The number of rotatable bonds is 13. The second-order valence-electron chi connectivity index (χ2n) is 19.3. The zero-order valence-corrected chi connectivity index (χ0v) is 39.5. The molecule has 4 aliphatic rings. The van der Waals surface area contributed by atoms with Gasteiger partial charge in [-0.3, -0.25) is 14.5 Å². The van der Waals surface area contributed by atoms with Crippen LogP contribution in [0, 0.1) is 0 Å². The van der Waals surface area contributed by atoms with Crippen LogP contribution in [-0.4, -0.2) is 89.0 Å². The average molecular weight is 943 g/mol. The highest BCUT2D eigenvalue weighted by Gasteiger charge is 2.43. The van der Waals surface area contributed by atoms with Crippen LogP contribution in [0.5, 0.6) is 0 Å². The van der Waals surface area contributed by atoms with E-state index < -0.39 is 24.3 Å². The van der Waals surface area contributed by atoms with E-state index in [-0.39, 0.29) is 36.0 Å². The number of H-pyrrole nitrogens is 2. The quantitative estimate of drug-likeness (QED) is 0.0884. The lowest BCUT2D eigenvalue weighted by atomic mass is 9.91. The molecule has 4 N–H and O–H groups in total. The summed E-state index contributed by atoms with van der Waals surface area (Å²) in [5.74, 6) is 1.02. The molecule has 2 aromatic heterocycles. The maximum absolute atomic E-state index is 14.6. The average Bonchev–Trinajstić information content (AvgIpc) is 4.26. The number of benzene rings is 4. The number of nitrogens with one attached hydrogen (secondary N) is 3. The molecule has 4 aromatic carbocycles. The van der Waals surface area contributed by atoms with Gasteiger partial charge in [-0.05, 0) is 97.6 Å². The van der Waals surface area contributed by atoms with Gasteiger partial charge in [-0.25, -0.2) is 19.6 Å². The number of hydrogen-bond donors (Lipinski definition) is 4. The molecule has 0 bridgehead atoms. The Morgan fingerprint density at radius 2 is 1.04 bits per heavy atom. The number of carbonyl (C=O) groups is 4. The van der Waals surface area contributed by atoms with E-state index in [0.717, 1.165) is 124 Å². The van der Waals surface area contributed by atoms with Crippen molar-refractivity contribution in [3.63, 3.8) is 0 Å². The van der Waals surface area contributed by atoms with Crippen LogP contribution in [-0.2, 0) is 14.3 Å². The van der Waals surface area contributed by atoms with Crippen molar-refractivity contribution in [1.29, 1.82) is 0 Å². The van der Waals surface area contributed by atoms with Gasteiger partial charge < -0.3 is 34.9 Å². The molecule has 2 aliphatic heterocycles. The molecule has 14 heteroatoms. The molecule has 4 amide bonds. The molecule has 2 saturated carbocycles.